The standard InChI is InChI=1S/C24H23F2NO4S/c1-13(2)23-21(32-24(27-23)16-9-17(25)11-18(26)10-16)7-5-19(28)15-4-6-20(14(3)8-15)31-12-22(29)30/h4,6,8-11,13H,5,7,12H2,1-3H3,(H,29,30). The first kappa shape index (κ1) is 23.5. The molecule has 0 aliphatic rings. The number of hydrogen-bond donors (Lipinski definition) is 1. The second-order valence-corrected chi connectivity index (χ2v) is 8.81. The number of carbonyl (C=O) groups excluding carboxylic acids is 1. The monoisotopic (exact) mass is 459 g/mol. The average Bonchev–Trinajstić information content (AvgIpc) is 3.15. The number of carboxylic acid groups (broad SMARTS) is 1. The van der Waals surface area contributed by atoms with E-state index in [1.54, 1.807) is 25.1 Å². The summed E-state index contributed by atoms with van der Waals surface area (Å²) in [6.45, 7) is 5.26. The largest absolute Gasteiger partial charge is 0.482 e. The lowest BCUT2D eigenvalue weighted by molar-refractivity contribution is -0.139. The van der Waals surface area contributed by atoms with Crippen LogP contribution < -0.4 is 4.74 Å². The number of ketones is 1. The minimum Gasteiger partial charge on any atom is -0.482 e. The Morgan fingerprint density at radius 3 is 2.41 bits per heavy atom. The van der Waals surface area contributed by atoms with Gasteiger partial charge in [-0.2, -0.15) is 0 Å². The van der Waals surface area contributed by atoms with Crippen LogP contribution >= 0.6 is 11.3 Å². The Morgan fingerprint density at radius 1 is 1.12 bits per heavy atom. The molecule has 1 N–H and O–H groups in total. The van der Waals surface area contributed by atoms with E-state index in [2.05, 4.69) is 4.98 Å². The first-order valence-corrected chi connectivity index (χ1v) is 10.9. The van der Waals surface area contributed by atoms with Gasteiger partial charge in [-0.1, -0.05) is 13.8 Å². The molecule has 0 saturated heterocycles. The van der Waals surface area contributed by atoms with Crippen molar-refractivity contribution in [3.8, 4) is 16.3 Å². The van der Waals surface area contributed by atoms with Gasteiger partial charge in [0.05, 0.1) is 5.69 Å². The molecule has 168 valence electrons. The minimum atomic E-state index is -1.07. The molecule has 0 aliphatic heterocycles. The van der Waals surface area contributed by atoms with Crippen LogP contribution in [0.4, 0.5) is 8.78 Å². The number of thiazole rings is 1. The van der Waals surface area contributed by atoms with Gasteiger partial charge in [-0.15, -0.1) is 11.3 Å². The van der Waals surface area contributed by atoms with Gasteiger partial charge >= 0.3 is 5.97 Å². The number of carbonyl (C=O) groups is 2. The number of aryl methyl sites for hydroxylation is 2. The number of benzene rings is 2. The molecule has 2 aromatic carbocycles. The third kappa shape index (κ3) is 5.76. The van der Waals surface area contributed by atoms with Gasteiger partial charge in [-0.3, -0.25) is 4.79 Å². The molecule has 0 radical (unpaired) electrons. The Balaban J connectivity index is 1.76. The average molecular weight is 460 g/mol. The van der Waals surface area contributed by atoms with Crippen molar-refractivity contribution in [3.05, 3.63) is 69.7 Å². The lowest BCUT2D eigenvalue weighted by Gasteiger charge is -2.09. The highest BCUT2D eigenvalue weighted by Crippen LogP contribution is 2.33. The molecule has 0 fully saturated rings. The zero-order chi connectivity index (χ0) is 23.4. The molecule has 0 bridgehead atoms. The molecule has 8 heteroatoms. The highest BCUT2D eigenvalue weighted by molar-refractivity contribution is 7.15. The molecule has 32 heavy (non-hydrogen) atoms. The third-order valence-corrected chi connectivity index (χ3v) is 5.99. The predicted molar refractivity (Wildman–Crippen MR) is 119 cm³/mol. The van der Waals surface area contributed by atoms with Crippen molar-refractivity contribution in [1.29, 1.82) is 0 Å². The molecule has 0 unspecified atom stereocenters. The maximum Gasteiger partial charge on any atom is 0.341 e. The number of carboxylic acids is 1. The number of rotatable bonds is 9. The maximum absolute atomic E-state index is 13.6. The Morgan fingerprint density at radius 2 is 1.81 bits per heavy atom. The molecule has 3 rings (SSSR count). The van der Waals surface area contributed by atoms with Crippen LogP contribution in [0.15, 0.2) is 36.4 Å². The van der Waals surface area contributed by atoms with Gasteiger partial charge in [0.2, 0.25) is 0 Å². The number of nitrogens with zero attached hydrogens (tertiary/aromatic N) is 1. The molecule has 1 aromatic heterocycles. The van der Waals surface area contributed by atoms with E-state index in [1.807, 2.05) is 13.8 Å². The summed E-state index contributed by atoms with van der Waals surface area (Å²) in [4.78, 5) is 28.9. The first-order chi connectivity index (χ1) is 15.1. The summed E-state index contributed by atoms with van der Waals surface area (Å²) in [5.41, 5.74) is 2.37. The summed E-state index contributed by atoms with van der Waals surface area (Å²) in [5.74, 6) is -1.96. The van der Waals surface area contributed by atoms with Crippen molar-refractivity contribution in [2.75, 3.05) is 6.61 Å². The number of ether oxygens (including phenoxy) is 1. The van der Waals surface area contributed by atoms with Crippen LogP contribution in [0.3, 0.4) is 0 Å². The number of aromatic nitrogens is 1. The highest BCUT2D eigenvalue weighted by atomic mass is 32.1. The number of aliphatic carboxylic acids is 1. The van der Waals surface area contributed by atoms with Gasteiger partial charge in [0.25, 0.3) is 0 Å². The summed E-state index contributed by atoms with van der Waals surface area (Å²) in [6, 6.07) is 8.20. The smallest absolute Gasteiger partial charge is 0.341 e. The zero-order valence-electron chi connectivity index (χ0n) is 17.9. The first-order valence-electron chi connectivity index (χ1n) is 10.1. The van der Waals surface area contributed by atoms with Crippen LogP contribution in [-0.4, -0.2) is 28.4 Å². The fraction of sp³-hybridized carbons (Fsp3) is 0.292. The topological polar surface area (TPSA) is 76.5 Å². The van der Waals surface area contributed by atoms with Crippen LogP contribution in [0.2, 0.25) is 0 Å². The van der Waals surface area contributed by atoms with Gasteiger partial charge in [-0.05, 0) is 55.2 Å². The molecule has 0 spiro atoms. The molecule has 1 heterocycles. The van der Waals surface area contributed by atoms with Crippen molar-refractivity contribution < 1.29 is 28.2 Å². The van der Waals surface area contributed by atoms with E-state index in [4.69, 9.17) is 9.84 Å². The molecular weight excluding hydrogens is 436 g/mol. The normalized spacial score (nSPS) is 11.1. The van der Waals surface area contributed by atoms with Crippen molar-refractivity contribution in [2.45, 2.75) is 39.5 Å². The van der Waals surface area contributed by atoms with Crippen LogP contribution in [-0.2, 0) is 11.2 Å². The van der Waals surface area contributed by atoms with E-state index >= 15 is 0 Å². The summed E-state index contributed by atoms with van der Waals surface area (Å²) < 4.78 is 32.4. The minimum absolute atomic E-state index is 0.0701. The zero-order valence-corrected chi connectivity index (χ0v) is 18.8. The summed E-state index contributed by atoms with van der Waals surface area (Å²) in [6.07, 6.45) is 0.700. The Labute approximate surface area is 188 Å². The van der Waals surface area contributed by atoms with Gasteiger partial charge in [0.15, 0.2) is 12.4 Å². The maximum atomic E-state index is 13.6. The van der Waals surface area contributed by atoms with E-state index in [0.717, 1.165) is 16.6 Å². The molecule has 0 atom stereocenters. The molecule has 0 aliphatic carbocycles. The number of halogens is 2. The molecule has 5 nitrogen and oxygen atoms in total. The van der Waals surface area contributed by atoms with Crippen LogP contribution in [0.1, 0.15) is 52.7 Å². The Kier molecular flexibility index (Phi) is 7.35. The molecule has 0 saturated carbocycles. The fourth-order valence-corrected chi connectivity index (χ4v) is 4.49. The number of hydrogen-bond acceptors (Lipinski definition) is 5. The van der Waals surface area contributed by atoms with E-state index in [-0.39, 0.29) is 18.1 Å². The van der Waals surface area contributed by atoms with Crippen molar-refractivity contribution >= 4 is 23.1 Å². The van der Waals surface area contributed by atoms with E-state index in [0.29, 0.717) is 33.9 Å². The second-order valence-electron chi connectivity index (χ2n) is 7.73. The Hall–Kier alpha value is -3.13. The second kappa shape index (κ2) is 9.99. The molecule has 3 aromatic rings. The van der Waals surface area contributed by atoms with Crippen molar-refractivity contribution in [2.24, 2.45) is 0 Å². The van der Waals surface area contributed by atoms with E-state index < -0.39 is 24.2 Å². The van der Waals surface area contributed by atoms with Crippen molar-refractivity contribution in [1.82, 2.24) is 4.98 Å². The third-order valence-electron chi connectivity index (χ3n) is 4.81. The lowest BCUT2D eigenvalue weighted by atomic mass is 10.0. The SMILES string of the molecule is Cc1cc(C(=O)CCc2sc(-c3cc(F)cc(F)c3)nc2C(C)C)ccc1OCC(=O)O. The predicted octanol–water partition coefficient (Wildman–Crippen LogP) is 5.80. The number of Topliss-reactive ketones (excluding diaryl/α,β-unsaturated/α-hetero) is 1. The van der Waals surface area contributed by atoms with E-state index in [9.17, 15) is 18.4 Å². The van der Waals surface area contributed by atoms with E-state index in [1.165, 1.54) is 23.5 Å². The van der Waals surface area contributed by atoms with Crippen LogP contribution in [0.25, 0.3) is 10.6 Å². The highest BCUT2D eigenvalue weighted by Gasteiger charge is 2.18. The summed E-state index contributed by atoms with van der Waals surface area (Å²) in [7, 11) is 0. The quantitative estimate of drug-likeness (QED) is 0.409. The van der Waals surface area contributed by atoms with Gasteiger partial charge in [0.1, 0.15) is 22.4 Å². The summed E-state index contributed by atoms with van der Waals surface area (Å²) in [5, 5.41) is 9.25. The summed E-state index contributed by atoms with van der Waals surface area (Å²) >= 11 is 1.34. The van der Waals surface area contributed by atoms with Gasteiger partial charge < -0.3 is 9.84 Å². The molecular formula is C24H23F2NO4S. The fourth-order valence-electron chi connectivity index (χ4n) is 3.29. The van der Waals surface area contributed by atoms with Crippen LogP contribution in [0.5, 0.6) is 5.75 Å². The Bertz CT molecular complexity index is 1140. The van der Waals surface area contributed by atoms with Gasteiger partial charge in [0, 0.05) is 28.5 Å². The van der Waals surface area contributed by atoms with Crippen molar-refractivity contribution in [3.63, 3.8) is 0 Å². The lowest BCUT2D eigenvalue weighted by Crippen LogP contribution is -2.10. The van der Waals surface area contributed by atoms with Gasteiger partial charge in [-0.25, -0.2) is 18.6 Å². The van der Waals surface area contributed by atoms with Crippen LogP contribution in [0, 0.1) is 18.6 Å². The molecule has 0 amide bonds.